The second-order valence-electron chi connectivity index (χ2n) is 5.07. The van der Waals surface area contributed by atoms with Gasteiger partial charge in [-0.3, -0.25) is 0 Å². The van der Waals surface area contributed by atoms with Crippen LogP contribution in [0.15, 0.2) is 42.5 Å². The van der Waals surface area contributed by atoms with Gasteiger partial charge in [0.25, 0.3) is 0 Å². The third kappa shape index (κ3) is 3.82. The number of benzene rings is 2. The summed E-state index contributed by atoms with van der Waals surface area (Å²) >= 11 is 0. The third-order valence-corrected chi connectivity index (χ3v) is 3.52. The van der Waals surface area contributed by atoms with E-state index >= 15 is 0 Å². The molecule has 1 unspecified atom stereocenters. The van der Waals surface area contributed by atoms with E-state index in [9.17, 15) is 4.39 Å². The summed E-state index contributed by atoms with van der Waals surface area (Å²) in [6.45, 7) is 7.03. The van der Waals surface area contributed by atoms with Gasteiger partial charge in [0.1, 0.15) is 17.3 Å². The zero-order chi connectivity index (χ0) is 15.2. The lowest BCUT2D eigenvalue weighted by Crippen LogP contribution is -2.20. The predicted molar refractivity (Wildman–Crippen MR) is 84.4 cm³/mol. The van der Waals surface area contributed by atoms with Crippen LogP contribution in [0.4, 0.5) is 4.39 Å². The van der Waals surface area contributed by atoms with Gasteiger partial charge >= 0.3 is 0 Å². The highest BCUT2D eigenvalue weighted by molar-refractivity contribution is 5.42. The van der Waals surface area contributed by atoms with E-state index in [4.69, 9.17) is 4.74 Å². The average molecular weight is 287 g/mol. The highest BCUT2D eigenvalue weighted by atomic mass is 19.1. The summed E-state index contributed by atoms with van der Waals surface area (Å²) in [7, 11) is 0. The molecule has 2 nitrogen and oxygen atoms in total. The van der Waals surface area contributed by atoms with Crippen LogP contribution in [0.3, 0.4) is 0 Å². The molecule has 0 aliphatic carbocycles. The maximum absolute atomic E-state index is 13.4. The van der Waals surface area contributed by atoms with Crippen molar-refractivity contribution in [1.29, 1.82) is 0 Å². The molecule has 0 spiro atoms. The first-order valence-corrected chi connectivity index (χ1v) is 7.42. The fourth-order valence-corrected chi connectivity index (χ4v) is 2.38. The Morgan fingerprint density at radius 2 is 1.86 bits per heavy atom. The molecular weight excluding hydrogens is 265 g/mol. The van der Waals surface area contributed by atoms with Crippen LogP contribution in [0, 0.1) is 12.7 Å². The van der Waals surface area contributed by atoms with Crippen molar-refractivity contribution in [3.8, 4) is 11.5 Å². The van der Waals surface area contributed by atoms with Crippen LogP contribution in [0.2, 0.25) is 0 Å². The lowest BCUT2D eigenvalue weighted by Gasteiger charge is -2.20. The summed E-state index contributed by atoms with van der Waals surface area (Å²) < 4.78 is 19.4. The van der Waals surface area contributed by atoms with Gasteiger partial charge in [-0.2, -0.15) is 0 Å². The molecule has 0 radical (unpaired) electrons. The van der Waals surface area contributed by atoms with Gasteiger partial charge < -0.3 is 10.1 Å². The first-order valence-electron chi connectivity index (χ1n) is 7.42. The monoisotopic (exact) mass is 287 g/mol. The van der Waals surface area contributed by atoms with Crippen LogP contribution in [0.5, 0.6) is 11.5 Å². The maximum atomic E-state index is 13.4. The summed E-state index contributed by atoms with van der Waals surface area (Å²) in [6.07, 6.45) is 0.969. The Labute approximate surface area is 126 Å². The van der Waals surface area contributed by atoms with E-state index in [0.717, 1.165) is 29.8 Å². The Balaban J connectivity index is 2.33. The van der Waals surface area contributed by atoms with Gasteiger partial charge in [0, 0.05) is 17.7 Å². The molecule has 0 saturated heterocycles. The van der Waals surface area contributed by atoms with E-state index in [-0.39, 0.29) is 11.9 Å². The van der Waals surface area contributed by atoms with Crippen molar-refractivity contribution in [3.63, 3.8) is 0 Å². The predicted octanol–water partition coefficient (Wildman–Crippen LogP) is 4.99. The van der Waals surface area contributed by atoms with Crippen molar-refractivity contribution < 1.29 is 9.13 Å². The van der Waals surface area contributed by atoms with Gasteiger partial charge in [-0.05, 0) is 37.6 Å². The molecule has 0 heterocycles. The SMILES string of the molecule is CCNC(CC)c1ccccc1Oc1cc(F)ccc1C. The molecule has 1 atom stereocenters. The molecule has 0 amide bonds. The third-order valence-electron chi connectivity index (χ3n) is 3.52. The summed E-state index contributed by atoms with van der Waals surface area (Å²) in [4.78, 5) is 0. The first-order chi connectivity index (χ1) is 10.2. The molecule has 0 bridgehead atoms. The minimum Gasteiger partial charge on any atom is -0.457 e. The van der Waals surface area contributed by atoms with Gasteiger partial charge in [0.2, 0.25) is 0 Å². The number of ether oxygens (including phenoxy) is 1. The van der Waals surface area contributed by atoms with E-state index in [1.165, 1.54) is 12.1 Å². The Morgan fingerprint density at radius 1 is 1.10 bits per heavy atom. The molecule has 0 aliphatic heterocycles. The molecule has 0 fully saturated rings. The number of hydrogen-bond acceptors (Lipinski definition) is 2. The summed E-state index contributed by atoms with van der Waals surface area (Å²) in [5.74, 6) is 1.06. The van der Waals surface area contributed by atoms with Crippen LogP contribution in [-0.2, 0) is 0 Å². The molecule has 0 aliphatic rings. The topological polar surface area (TPSA) is 21.3 Å². The number of para-hydroxylation sites is 1. The van der Waals surface area contributed by atoms with E-state index < -0.39 is 0 Å². The Morgan fingerprint density at radius 3 is 2.57 bits per heavy atom. The van der Waals surface area contributed by atoms with Crippen LogP contribution >= 0.6 is 0 Å². The van der Waals surface area contributed by atoms with Crippen molar-refractivity contribution in [1.82, 2.24) is 5.32 Å². The van der Waals surface area contributed by atoms with Crippen molar-refractivity contribution in [2.75, 3.05) is 6.54 Å². The second-order valence-corrected chi connectivity index (χ2v) is 5.07. The van der Waals surface area contributed by atoms with Crippen molar-refractivity contribution in [3.05, 3.63) is 59.4 Å². The molecule has 0 aromatic heterocycles. The fraction of sp³-hybridized carbons (Fsp3) is 0.333. The fourth-order valence-electron chi connectivity index (χ4n) is 2.38. The van der Waals surface area contributed by atoms with Gasteiger partial charge in [0.15, 0.2) is 0 Å². The first kappa shape index (κ1) is 15.5. The number of hydrogen-bond donors (Lipinski definition) is 1. The van der Waals surface area contributed by atoms with Gasteiger partial charge in [-0.25, -0.2) is 4.39 Å². The molecule has 0 saturated carbocycles. The van der Waals surface area contributed by atoms with E-state index in [0.29, 0.717) is 5.75 Å². The van der Waals surface area contributed by atoms with Crippen molar-refractivity contribution in [2.45, 2.75) is 33.2 Å². The summed E-state index contributed by atoms with van der Waals surface area (Å²) in [5.41, 5.74) is 2.02. The molecule has 21 heavy (non-hydrogen) atoms. The summed E-state index contributed by atoms with van der Waals surface area (Å²) in [6, 6.07) is 12.8. The van der Waals surface area contributed by atoms with Crippen LogP contribution in [0.25, 0.3) is 0 Å². The lowest BCUT2D eigenvalue weighted by atomic mass is 10.0. The second kappa shape index (κ2) is 7.23. The van der Waals surface area contributed by atoms with E-state index in [2.05, 4.69) is 25.2 Å². The van der Waals surface area contributed by atoms with Crippen LogP contribution in [-0.4, -0.2) is 6.54 Å². The molecular formula is C18H22FNO. The Kier molecular flexibility index (Phi) is 5.34. The summed E-state index contributed by atoms with van der Waals surface area (Å²) in [5, 5.41) is 3.45. The molecule has 112 valence electrons. The van der Waals surface area contributed by atoms with Gasteiger partial charge in [-0.1, -0.05) is 38.1 Å². The minimum atomic E-state index is -0.285. The largest absolute Gasteiger partial charge is 0.457 e. The number of halogens is 1. The van der Waals surface area contributed by atoms with Gasteiger partial charge in [-0.15, -0.1) is 0 Å². The number of aryl methyl sites for hydroxylation is 1. The van der Waals surface area contributed by atoms with Crippen LogP contribution < -0.4 is 10.1 Å². The van der Waals surface area contributed by atoms with E-state index in [1.807, 2.05) is 25.1 Å². The van der Waals surface area contributed by atoms with E-state index in [1.54, 1.807) is 6.07 Å². The van der Waals surface area contributed by atoms with Crippen molar-refractivity contribution >= 4 is 0 Å². The highest BCUT2D eigenvalue weighted by Crippen LogP contribution is 2.32. The molecule has 2 aromatic carbocycles. The zero-order valence-electron chi connectivity index (χ0n) is 12.8. The zero-order valence-corrected chi connectivity index (χ0v) is 12.8. The van der Waals surface area contributed by atoms with Crippen molar-refractivity contribution in [2.24, 2.45) is 0 Å². The molecule has 2 rings (SSSR count). The molecule has 2 aromatic rings. The Bertz CT molecular complexity index is 598. The quantitative estimate of drug-likeness (QED) is 0.808. The minimum absolute atomic E-state index is 0.236. The lowest BCUT2D eigenvalue weighted by molar-refractivity contribution is 0.446. The number of nitrogens with one attached hydrogen (secondary N) is 1. The molecule has 3 heteroatoms. The number of rotatable bonds is 6. The molecule has 1 N–H and O–H groups in total. The standard InChI is InChI=1S/C18H22FNO/c1-4-16(20-5-2)15-8-6-7-9-17(15)21-18-12-14(19)11-10-13(18)3/h6-12,16,20H,4-5H2,1-3H3. The van der Waals surface area contributed by atoms with Crippen LogP contribution in [0.1, 0.15) is 37.4 Å². The normalized spacial score (nSPS) is 12.2. The maximum Gasteiger partial charge on any atom is 0.133 e. The van der Waals surface area contributed by atoms with Gasteiger partial charge in [0.05, 0.1) is 0 Å². The highest BCUT2D eigenvalue weighted by Gasteiger charge is 2.14. The smallest absolute Gasteiger partial charge is 0.133 e. The average Bonchev–Trinajstić information content (AvgIpc) is 2.49. The Hall–Kier alpha value is -1.87.